The second kappa shape index (κ2) is 6.39. The Hall–Kier alpha value is -1.36. The fraction of sp³-hybridized carbons (Fsp3) is 0.733. The van der Waals surface area contributed by atoms with E-state index >= 15 is 0 Å². The van der Waals surface area contributed by atoms with Crippen molar-refractivity contribution in [1.29, 1.82) is 0 Å². The first-order valence-corrected chi connectivity index (χ1v) is 7.49. The van der Waals surface area contributed by atoms with Crippen LogP contribution >= 0.6 is 0 Å². The Morgan fingerprint density at radius 3 is 2.85 bits per heavy atom. The van der Waals surface area contributed by atoms with Crippen LogP contribution in [0, 0.1) is 5.92 Å². The monoisotopic (exact) mass is 279 g/mol. The highest BCUT2D eigenvalue weighted by Gasteiger charge is 2.30. The standard InChI is InChI=1S/C15H25N3O2/c1-5-20-14-7-8-17(10-12(14)4)15(19)13-6-9-18(16-13)11(2)3/h6,9,11-12,14H,5,7-8,10H2,1-4H3. The number of likely N-dealkylation sites (tertiary alicyclic amines) is 1. The molecular formula is C15H25N3O2. The summed E-state index contributed by atoms with van der Waals surface area (Å²) in [5.41, 5.74) is 0.542. The second-order valence-corrected chi connectivity index (χ2v) is 5.79. The zero-order valence-electron chi connectivity index (χ0n) is 12.9. The maximum absolute atomic E-state index is 12.5. The van der Waals surface area contributed by atoms with Gasteiger partial charge in [-0.05, 0) is 39.2 Å². The van der Waals surface area contributed by atoms with E-state index in [1.165, 1.54) is 0 Å². The van der Waals surface area contributed by atoms with Crippen LogP contribution in [0.3, 0.4) is 0 Å². The normalized spacial score (nSPS) is 23.4. The number of ether oxygens (including phenoxy) is 1. The van der Waals surface area contributed by atoms with Crippen LogP contribution in [-0.4, -0.2) is 46.4 Å². The number of carbonyl (C=O) groups is 1. The minimum Gasteiger partial charge on any atom is -0.378 e. The summed E-state index contributed by atoms with van der Waals surface area (Å²) in [6.45, 7) is 10.5. The van der Waals surface area contributed by atoms with Crippen LogP contribution in [0.2, 0.25) is 0 Å². The molecule has 0 aromatic carbocycles. The van der Waals surface area contributed by atoms with Gasteiger partial charge in [-0.25, -0.2) is 0 Å². The minimum atomic E-state index is 0.0335. The third-order valence-corrected chi connectivity index (χ3v) is 3.85. The summed E-state index contributed by atoms with van der Waals surface area (Å²) >= 11 is 0. The third-order valence-electron chi connectivity index (χ3n) is 3.85. The van der Waals surface area contributed by atoms with Gasteiger partial charge in [0.25, 0.3) is 5.91 Å². The first-order valence-electron chi connectivity index (χ1n) is 7.49. The number of rotatable bonds is 4. The molecule has 5 heteroatoms. The number of piperidine rings is 1. The van der Waals surface area contributed by atoms with E-state index in [4.69, 9.17) is 4.74 Å². The molecular weight excluding hydrogens is 254 g/mol. The van der Waals surface area contributed by atoms with Crippen LogP contribution in [0.4, 0.5) is 0 Å². The van der Waals surface area contributed by atoms with E-state index < -0.39 is 0 Å². The molecule has 0 radical (unpaired) electrons. The molecule has 1 aliphatic rings. The number of hydrogen-bond acceptors (Lipinski definition) is 3. The molecule has 1 aromatic rings. The number of amides is 1. The summed E-state index contributed by atoms with van der Waals surface area (Å²) in [4.78, 5) is 14.4. The van der Waals surface area contributed by atoms with Gasteiger partial charge in [0.05, 0.1) is 6.10 Å². The summed E-state index contributed by atoms with van der Waals surface area (Å²) < 4.78 is 7.53. The van der Waals surface area contributed by atoms with Gasteiger partial charge in [0.1, 0.15) is 5.69 Å². The fourth-order valence-electron chi connectivity index (χ4n) is 2.67. The highest BCUT2D eigenvalue weighted by atomic mass is 16.5. The Morgan fingerprint density at radius 2 is 2.30 bits per heavy atom. The summed E-state index contributed by atoms with van der Waals surface area (Å²) in [6, 6.07) is 2.08. The molecule has 0 saturated carbocycles. The summed E-state index contributed by atoms with van der Waals surface area (Å²) in [5.74, 6) is 0.408. The maximum atomic E-state index is 12.5. The van der Waals surface area contributed by atoms with Crippen LogP contribution < -0.4 is 0 Å². The van der Waals surface area contributed by atoms with E-state index in [2.05, 4.69) is 25.9 Å². The third kappa shape index (κ3) is 3.20. The Kier molecular flexibility index (Phi) is 4.81. The van der Waals surface area contributed by atoms with Crippen LogP contribution in [0.15, 0.2) is 12.3 Å². The van der Waals surface area contributed by atoms with Gasteiger partial charge in [-0.15, -0.1) is 0 Å². The van der Waals surface area contributed by atoms with Crippen molar-refractivity contribution in [3.05, 3.63) is 18.0 Å². The van der Waals surface area contributed by atoms with Gasteiger partial charge in [-0.2, -0.15) is 5.10 Å². The topological polar surface area (TPSA) is 47.4 Å². The van der Waals surface area contributed by atoms with Crippen molar-refractivity contribution in [2.24, 2.45) is 5.92 Å². The van der Waals surface area contributed by atoms with Crippen LogP contribution in [-0.2, 0) is 4.74 Å². The van der Waals surface area contributed by atoms with E-state index in [0.29, 0.717) is 11.6 Å². The minimum absolute atomic E-state index is 0.0335. The van der Waals surface area contributed by atoms with Crippen molar-refractivity contribution in [1.82, 2.24) is 14.7 Å². The van der Waals surface area contributed by atoms with Gasteiger partial charge in [0.2, 0.25) is 0 Å². The molecule has 0 spiro atoms. The number of aromatic nitrogens is 2. The summed E-state index contributed by atoms with van der Waals surface area (Å²) in [7, 11) is 0. The van der Waals surface area contributed by atoms with Crippen molar-refractivity contribution in [3.8, 4) is 0 Å². The number of hydrogen-bond donors (Lipinski definition) is 0. The first kappa shape index (κ1) is 15.0. The van der Waals surface area contributed by atoms with E-state index in [-0.39, 0.29) is 18.1 Å². The van der Waals surface area contributed by atoms with Crippen molar-refractivity contribution in [2.45, 2.75) is 46.3 Å². The molecule has 2 rings (SSSR count). The Morgan fingerprint density at radius 1 is 1.55 bits per heavy atom. The highest BCUT2D eigenvalue weighted by Crippen LogP contribution is 2.21. The number of carbonyl (C=O) groups excluding carboxylic acids is 1. The fourth-order valence-corrected chi connectivity index (χ4v) is 2.67. The lowest BCUT2D eigenvalue weighted by Gasteiger charge is -2.36. The van der Waals surface area contributed by atoms with E-state index in [1.807, 2.05) is 28.8 Å². The SMILES string of the molecule is CCOC1CCN(C(=O)c2ccn(C(C)C)n2)CC1C. The second-order valence-electron chi connectivity index (χ2n) is 5.79. The van der Waals surface area contributed by atoms with Gasteiger partial charge in [0, 0.05) is 31.9 Å². The van der Waals surface area contributed by atoms with Gasteiger partial charge in [-0.1, -0.05) is 6.92 Å². The molecule has 0 aliphatic carbocycles. The summed E-state index contributed by atoms with van der Waals surface area (Å²) in [6.07, 6.45) is 3.05. The molecule has 1 fully saturated rings. The Labute approximate surface area is 120 Å². The molecule has 1 amide bonds. The van der Waals surface area contributed by atoms with Crippen molar-refractivity contribution in [3.63, 3.8) is 0 Å². The predicted octanol–water partition coefficient (Wildman–Crippen LogP) is 2.35. The molecule has 2 atom stereocenters. The lowest BCUT2D eigenvalue weighted by molar-refractivity contribution is -0.0180. The van der Waals surface area contributed by atoms with E-state index in [9.17, 15) is 4.79 Å². The van der Waals surface area contributed by atoms with E-state index in [0.717, 1.165) is 26.1 Å². The molecule has 1 aromatic heterocycles. The zero-order valence-corrected chi connectivity index (χ0v) is 12.9. The van der Waals surface area contributed by atoms with Crippen molar-refractivity contribution < 1.29 is 9.53 Å². The molecule has 0 N–H and O–H groups in total. The van der Waals surface area contributed by atoms with Gasteiger partial charge in [0.15, 0.2) is 0 Å². The average Bonchev–Trinajstić information content (AvgIpc) is 2.90. The zero-order chi connectivity index (χ0) is 14.7. The smallest absolute Gasteiger partial charge is 0.274 e. The molecule has 20 heavy (non-hydrogen) atoms. The van der Waals surface area contributed by atoms with E-state index in [1.54, 1.807) is 0 Å². The van der Waals surface area contributed by atoms with Crippen LogP contribution in [0.5, 0.6) is 0 Å². The van der Waals surface area contributed by atoms with Crippen LogP contribution in [0.1, 0.15) is 50.6 Å². The first-order chi connectivity index (χ1) is 9.52. The molecule has 112 valence electrons. The number of nitrogens with zero attached hydrogens (tertiary/aromatic N) is 3. The van der Waals surface area contributed by atoms with Crippen LogP contribution in [0.25, 0.3) is 0 Å². The predicted molar refractivity (Wildman–Crippen MR) is 77.7 cm³/mol. The van der Waals surface area contributed by atoms with Gasteiger partial charge < -0.3 is 9.64 Å². The molecule has 1 saturated heterocycles. The summed E-state index contributed by atoms with van der Waals surface area (Å²) in [5, 5.41) is 4.36. The Balaban J connectivity index is 1.99. The maximum Gasteiger partial charge on any atom is 0.274 e. The highest BCUT2D eigenvalue weighted by molar-refractivity contribution is 5.92. The quantitative estimate of drug-likeness (QED) is 0.850. The molecule has 2 unspecified atom stereocenters. The molecule has 1 aliphatic heterocycles. The Bertz CT molecular complexity index is 456. The van der Waals surface area contributed by atoms with Crippen molar-refractivity contribution in [2.75, 3.05) is 19.7 Å². The molecule has 2 heterocycles. The van der Waals surface area contributed by atoms with Crippen molar-refractivity contribution >= 4 is 5.91 Å². The van der Waals surface area contributed by atoms with Gasteiger partial charge >= 0.3 is 0 Å². The lowest BCUT2D eigenvalue weighted by Crippen LogP contribution is -2.46. The lowest BCUT2D eigenvalue weighted by atomic mass is 9.96. The molecule has 0 bridgehead atoms. The average molecular weight is 279 g/mol. The van der Waals surface area contributed by atoms with Gasteiger partial charge in [-0.3, -0.25) is 9.48 Å². The molecule has 5 nitrogen and oxygen atoms in total. The largest absolute Gasteiger partial charge is 0.378 e.